The van der Waals surface area contributed by atoms with Crippen LogP contribution >= 0.6 is 22.6 Å². The molecule has 2 aromatic carbocycles. The first kappa shape index (κ1) is 18.1. The highest BCUT2D eigenvalue weighted by Gasteiger charge is 2.07. The number of hydrogen-bond acceptors (Lipinski definition) is 3. The molecule has 2 amide bonds. The Kier molecular flexibility index (Phi) is 6.92. The first-order chi connectivity index (χ1) is 11.5. The van der Waals surface area contributed by atoms with Gasteiger partial charge in [-0.15, -0.1) is 0 Å². The van der Waals surface area contributed by atoms with Gasteiger partial charge >= 0.3 is 0 Å². The van der Waals surface area contributed by atoms with Gasteiger partial charge in [0.05, 0.1) is 6.21 Å². The lowest BCUT2D eigenvalue weighted by Gasteiger charge is -2.07. The number of nitrogens with zero attached hydrogens (tertiary/aromatic N) is 1. The van der Waals surface area contributed by atoms with Gasteiger partial charge in [-0.1, -0.05) is 30.3 Å². The van der Waals surface area contributed by atoms with Crippen molar-refractivity contribution in [3.05, 3.63) is 63.2 Å². The molecule has 2 rings (SSSR count). The fraction of sp³-hybridized carbons (Fsp3) is 0.167. The average molecular weight is 435 g/mol. The van der Waals surface area contributed by atoms with Gasteiger partial charge in [-0.2, -0.15) is 5.10 Å². The highest BCUT2D eigenvalue weighted by molar-refractivity contribution is 14.1. The summed E-state index contributed by atoms with van der Waals surface area (Å²) in [6.07, 6.45) is 1.77. The highest BCUT2D eigenvalue weighted by atomic mass is 127. The summed E-state index contributed by atoms with van der Waals surface area (Å²) in [6, 6.07) is 15.2. The number of benzene rings is 2. The Balaban J connectivity index is 1.73. The molecule has 0 spiro atoms. The highest BCUT2D eigenvalue weighted by Crippen LogP contribution is 2.13. The molecule has 0 radical (unpaired) electrons. The summed E-state index contributed by atoms with van der Waals surface area (Å²) in [7, 11) is 0. The Morgan fingerprint density at radius 3 is 2.42 bits per heavy atom. The number of para-hydroxylation sites is 1. The largest absolute Gasteiger partial charge is 0.326 e. The van der Waals surface area contributed by atoms with Crippen LogP contribution in [0.15, 0.2) is 53.6 Å². The van der Waals surface area contributed by atoms with Crippen molar-refractivity contribution in [1.82, 2.24) is 5.43 Å². The fourth-order valence-electron chi connectivity index (χ4n) is 1.94. The zero-order chi connectivity index (χ0) is 17.4. The number of aryl methyl sites for hydroxylation is 1. The Morgan fingerprint density at radius 2 is 1.71 bits per heavy atom. The van der Waals surface area contributed by atoms with Crippen LogP contribution in [0.25, 0.3) is 0 Å². The van der Waals surface area contributed by atoms with Gasteiger partial charge in [0, 0.05) is 22.1 Å². The molecule has 2 N–H and O–H groups in total. The van der Waals surface area contributed by atoms with Gasteiger partial charge in [0.25, 0.3) is 0 Å². The zero-order valence-electron chi connectivity index (χ0n) is 13.3. The fourth-order valence-corrected chi connectivity index (χ4v) is 2.30. The monoisotopic (exact) mass is 435 g/mol. The van der Waals surface area contributed by atoms with Crippen LogP contribution in [0.3, 0.4) is 0 Å². The first-order valence-electron chi connectivity index (χ1n) is 7.47. The molecule has 0 aliphatic rings. The van der Waals surface area contributed by atoms with Crippen LogP contribution in [0.5, 0.6) is 0 Å². The van der Waals surface area contributed by atoms with Crippen molar-refractivity contribution in [2.45, 2.75) is 19.8 Å². The van der Waals surface area contributed by atoms with E-state index in [1.54, 1.807) is 6.21 Å². The quantitative estimate of drug-likeness (QED) is 0.415. The summed E-state index contributed by atoms with van der Waals surface area (Å²) in [5.74, 6) is -0.488. The number of nitrogens with one attached hydrogen (secondary N) is 2. The van der Waals surface area contributed by atoms with Crippen molar-refractivity contribution in [2.24, 2.45) is 5.10 Å². The molecular formula is C18H18IN3O2. The van der Waals surface area contributed by atoms with Gasteiger partial charge in [-0.3, -0.25) is 9.59 Å². The lowest BCUT2D eigenvalue weighted by Crippen LogP contribution is -2.20. The van der Waals surface area contributed by atoms with E-state index in [2.05, 4.69) is 38.4 Å². The lowest BCUT2D eigenvalue weighted by atomic mass is 10.2. The second-order valence-corrected chi connectivity index (χ2v) is 6.45. The SMILES string of the molecule is Cc1ccccc1NC(=O)CCC(=O)NN=Cc1ccc(I)cc1. The van der Waals surface area contributed by atoms with Gasteiger partial charge in [0.2, 0.25) is 11.8 Å². The number of rotatable bonds is 6. The van der Waals surface area contributed by atoms with Gasteiger partial charge in [0.15, 0.2) is 0 Å². The van der Waals surface area contributed by atoms with Crippen LogP contribution in [0, 0.1) is 10.5 Å². The summed E-state index contributed by atoms with van der Waals surface area (Å²) in [6.45, 7) is 1.92. The smallest absolute Gasteiger partial charge is 0.240 e. The molecule has 0 atom stereocenters. The van der Waals surface area contributed by atoms with Crippen molar-refractivity contribution >= 4 is 46.3 Å². The minimum absolute atomic E-state index is 0.0851. The van der Waals surface area contributed by atoms with Crippen molar-refractivity contribution < 1.29 is 9.59 Å². The molecule has 0 saturated heterocycles. The molecular weight excluding hydrogens is 417 g/mol. The lowest BCUT2D eigenvalue weighted by molar-refractivity contribution is -0.124. The Hall–Kier alpha value is -2.22. The third-order valence-corrected chi connectivity index (χ3v) is 3.99. The van der Waals surface area contributed by atoms with Gasteiger partial charge in [0.1, 0.15) is 0 Å². The summed E-state index contributed by atoms with van der Waals surface area (Å²) in [5.41, 5.74) is 5.07. The molecule has 0 aliphatic heterocycles. The van der Waals surface area contributed by atoms with Crippen LogP contribution in [-0.4, -0.2) is 18.0 Å². The van der Waals surface area contributed by atoms with Crippen LogP contribution in [0.2, 0.25) is 0 Å². The molecule has 24 heavy (non-hydrogen) atoms. The molecule has 0 heterocycles. The molecule has 0 unspecified atom stereocenters. The van der Waals surface area contributed by atoms with Crippen molar-refractivity contribution in [1.29, 1.82) is 0 Å². The second-order valence-electron chi connectivity index (χ2n) is 5.21. The molecule has 0 aromatic heterocycles. The predicted octanol–water partition coefficient (Wildman–Crippen LogP) is 3.47. The zero-order valence-corrected chi connectivity index (χ0v) is 15.4. The number of hydrazone groups is 1. The molecule has 0 fully saturated rings. The maximum absolute atomic E-state index is 11.9. The van der Waals surface area contributed by atoms with Gasteiger partial charge < -0.3 is 5.32 Å². The number of carbonyl (C=O) groups excluding carboxylic acids is 2. The first-order valence-corrected chi connectivity index (χ1v) is 8.55. The average Bonchev–Trinajstić information content (AvgIpc) is 2.57. The van der Waals surface area contributed by atoms with E-state index in [0.29, 0.717) is 0 Å². The van der Waals surface area contributed by atoms with E-state index in [-0.39, 0.29) is 24.7 Å². The number of amides is 2. The number of anilines is 1. The molecule has 5 nitrogen and oxygen atoms in total. The van der Waals surface area contributed by atoms with Gasteiger partial charge in [-0.05, 0) is 58.8 Å². The number of halogens is 1. The Bertz CT molecular complexity index is 742. The Labute approximate surface area is 154 Å². The van der Waals surface area contributed by atoms with Gasteiger partial charge in [-0.25, -0.2) is 5.43 Å². The Morgan fingerprint density at radius 1 is 1.04 bits per heavy atom. The standard InChI is InChI=1S/C18H18IN3O2/c1-13-4-2-3-5-16(13)21-17(23)10-11-18(24)22-20-12-14-6-8-15(19)9-7-14/h2-9,12H,10-11H2,1H3,(H,21,23)(H,22,24). The molecule has 0 aliphatic carbocycles. The van der Waals surface area contributed by atoms with E-state index in [9.17, 15) is 9.59 Å². The van der Waals surface area contributed by atoms with Crippen molar-refractivity contribution in [2.75, 3.05) is 5.32 Å². The maximum Gasteiger partial charge on any atom is 0.240 e. The van der Waals surface area contributed by atoms with E-state index in [1.165, 1.54) is 0 Å². The topological polar surface area (TPSA) is 70.6 Å². The molecule has 0 bridgehead atoms. The van der Waals surface area contributed by atoms with Crippen LogP contribution in [0.4, 0.5) is 5.69 Å². The van der Waals surface area contributed by atoms with Crippen LogP contribution < -0.4 is 10.7 Å². The van der Waals surface area contributed by atoms with Crippen molar-refractivity contribution in [3.63, 3.8) is 0 Å². The summed E-state index contributed by atoms with van der Waals surface area (Å²) < 4.78 is 1.13. The van der Waals surface area contributed by atoms with Crippen molar-refractivity contribution in [3.8, 4) is 0 Å². The number of hydrogen-bond donors (Lipinski definition) is 2. The molecule has 6 heteroatoms. The molecule has 2 aromatic rings. The van der Waals surface area contributed by atoms with E-state index < -0.39 is 0 Å². The third kappa shape index (κ3) is 6.11. The minimum Gasteiger partial charge on any atom is -0.326 e. The van der Waals surface area contributed by atoms with E-state index in [1.807, 2.05) is 55.5 Å². The second kappa shape index (κ2) is 9.17. The third-order valence-electron chi connectivity index (χ3n) is 3.27. The minimum atomic E-state index is -0.295. The van der Waals surface area contributed by atoms with E-state index in [4.69, 9.17) is 0 Å². The van der Waals surface area contributed by atoms with Crippen LogP contribution in [0.1, 0.15) is 24.0 Å². The molecule has 0 saturated carbocycles. The summed E-state index contributed by atoms with van der Waals surface area (Å²) in [5, 5.41) is 6.68. The maximum atomic E-state index is 11.9. The van der Waals surface area contributed by atoms with Crippen LogP contribution in [-0.2, 0) is 9.59 Å². The molecule has 124 valence electrons. The number of carbonyl (C=O) groups is 2. The summed E-state index contributed by atoms with van der Waals surface area (Å²) >= 11 is 2.22. The van der Waals surface area contributed by atoms with E-state index >= 15 is 0 Å². The normalized spacial score (nSPS) is 10.6. The summed E-state index contributed by atoms with van der Waals surface area (Å²) in [4.78, 5) is 23.6. The van der Waals surface area contributed by atoms with E-state index in [0.717, 1.165) is 20.4 Å². The predicted molar refractivity (Wildman–Crippen MR) is 104 cm³/mol.